The van der Waals surface area contributed by atoms with Crippen molar-refractivity contribution >= 4 is 28.2 Å². The van der Waals surface area contributed by atoms with E-state index in [2.05, 4.69) is 72.7 Å². The Morgan fingerprint density at radius 3 is 2.78 bits per heavy atom. The van der Waals surface area contributed by atoms with Gasteiger partial charge in [0.05, 0.1) is 10.7 Å². The molecule has 144 valence electrons. The number of aliphatic imine (C=N–C) groups is 1. The molecule has 0 saturated heterocycles. The molecule has 1 aromatic carbocycles. The minimum Gasteiger partial charge on any atom is -0.361 e. The lowest BCUT2D eigenvalue weighted by Crippen LogP contribution is -2.38. The molecule has 2 aromatic heterocycles. The van der Waals surface area contributed by atoms with E-state index < -0.39 is 0 Å². The molecule has 0 aliphatic carbocycles. The minimum atomic E-state index is 0.744. The number of guanidine groups is 1. The van der Waals surface area contributed by atoms with Gasteiger partial charge in [0.2, 0.25) is 0 Å². The van der Waals surface area contributed by atoms with Crippen LogP contribution in [-0.2, 0) is 12.8 Å². The summed E-state index contributed by atoms with van der Waals surface area (Å²) in [7, 11) is 0. The summed E-state index contributed by atoms with van der Waals surface area (Å²) in [4.78, 5) is 14.0. The zero-order chi connectivity index (χ0) is 19.2. The Balaban J connectivity index is 1.55. The number of hydrogen-bond donors (Lipinski definition) is 3. The Morgan fingerprint density at radius 2 is 2.04 bits per heavy atom. The minimum absolute atomic E-state index is 0.744. The van der Waals surface area contributed by atoms with Crippen molar-refractivity contribution in [3.8, 4) is 0 Å². The summed E-state index contributed by atoms with van der Waals surface area (Å²) in [6, 6.07) is 6.45. The molecule has 0 aliphatic heterocycles. The number of benzene rings is 1. The summed E-state index contributed by atoms with van der Waals surface area (Å²) in [6.07, 6.45) is 3.97. The van der Waals surface area contributed by atoms with Gasteiger partial charge in [0.15, 0.2) is 5.96 Å². The van der Waals surface area contributed by atoms with E-state index in [1.165, 1.54) is 31.9 Å². The molecular formula is C21H29N5S. The molecule has 0 fully saturated rings. The maximum Gasteiger partial charge on any atom is 0.191 e. The quantitative estimate of drug-likeness (QED) is 0.428. The Hall–Kier alpha value is -2.34. The molecule has 0 radical (unpaired) electrons. The summed E-state index contributed by atoms with van der Waals surface area (Å²) in [6.45, 7) is 10.9. The molecule has 0 spiro atoms. The highest BCUT2D eigenvalue weighted by Crippen LogP contribution is 2.21. The fourth-order valence-corrected chi connectivity index (χ4v) is 4.06. The molecule has 3 aromatic rings. The van der Waals surface area contributed by atoms with Crippen LogP contribution in [0.5, 0.6) is 0 Å². The van der Waals surface area contributed by atoms with Crippen molar-refractivity contribution in [2.75, 3.05) is 19.6 Å². The molecule has 0 amide bonds. The summed E-state index contributed by atoms with van der Waals surface area (Å²) in [5.74, 6) is 0.874. The molecule has 2 heterocycles. The van der Waals surface area contributed by atoms with Crippen molar-refractivity contribution in [2.24, 2.45) is 4.99 Å². The number of nitrogens with zero attached hydrogens (tertiary/aromatic N) is 2. The standard InChI is InChI=1S/C21H29N5S/c1-5-22-21(24-12-10-19-26-15(3)16(4)27-19)23-11-9-17-13-25-20-14(2)7-6-8-18(17)20/h6-8,13,25H,5,9-12H2,1-4H3,(H2,22,23,24). The smallest absolute Gasteiger partial charge is 0.191 e. The number of aryl methyl sites for hydroxylation is 3. The van der Waals surface area contributed by atoms with Gasteiger partial charge in [0.25, 0.3) is 0 Å². The molecule has 0 bridgehead atoms. The zero-order valence-corrected chi connectivity index (χ0v) is 17.5. The molecule has 5 nitrogen and oxygen atoms in total. The lowest BCUT2D eigenvalue weighted by molar-refractivity contribution is 0.798. The van der Waals surface area contributed by atoms with E-state index >= 15 is 0 Å². The van der Waals surface area contributed by atoms with Gasteiger partial charge in [-0.25, -0.2) is 4.98 Å². The summed E-state index contributed by atoms with van der Waals surface area (Å²) in [5, 5.41) is 9.25. The number of aromatic nitrogens is 2. The third kappa shape index (κ3) is 4.89. The summed E-state index contributed by atoms with van der Waals surface area (Å²) < 4.78 is 0. The maximum atomic E-state index is 4.70. The highest BCUT2D eigenvalue weighted by Gasteiger charge is 2.06. The molecule has 0 saturated carbocycles. The van der Waals surface area contributed by atoms with Gasteiger partial charge >= 0.3 is 0 Å². The maximum absolute atomic E-state index is 4.70. The Morgan fingerprint density at radius 1 is 1.19 bits per heavy atom. The largest absolute Gasteiger partial charge is 0.361 e. The third-order valence-electron chi connectivity index (χ3n) is 4.71. The molecule has 0 atom stereocenters. The average Bonchev–Trinajstić information content (AvgIpc) is 3.19. The van der Waals surface area contributed by atoms with Gasteiger partial charge in [-0.05, 0) is 45.2 Å². The van der Waals surface area contributed by atoms with Crippen molar-refractivity contribution in [3.05, 3.63) is 51.1 Å². The fourth-order valence-electron chi connectivity index (χ4n) is 3.14. The van der Waals surface area contributed by atoms with Crippen LogP contribution >= 0.6 is 11.3 Å². The lowest BCUT2D eigenvalue weighted by Gasteiger charge is -2.11. The lowest BCUT2D eigenvalue weighted by atomic mass is 10.1. The van der Waals surface area contributed by atoms with Gasteiger partial charge in [0.1, 0.15) is 0 Å². The molecule has 6 heteroatoms. The van der Waals surface area contributed by atoms with Crippen molar-refractivity contribution in [3.63, 3.8) is 0 Å². The van der Waals surface area contributed by atoms with Gasteiger partial charge in [-0.1, -0.05) is 18.2 Å². The van der Waals surface area contributed by atoms with Crippen LogP contribution in [0.15, 0.2) is 29.4 Å². The van der Waals surface area contributed by atoms with E-state index in [9.17, 15) is 0 Å². The SMILES string of the molecule is CCNC(=NCCc1nc(C)c(C)s1)NCCc1c[nH]c2c(C)cccc12. The number of aromatic amines is 1. The molecule has 3 N–H and O–H groups in total. The second kappa shape index (κ2) is 9.04. The van der Waals surface area contributed by atoms with E-state index in [0.717, 1.165) is 44.1 Å². The highest BCUT2D eigenvalue weighted by molar-refractivity contribution is 7.11. The average molecular weight is 384 g/mol. The second-order valence-corrected chi connectivity index (χ2v) is 8.04. The molecule has 0 unspecified atom stereocenters. The highest BCUT2D eigenvalue weighted by atomic mass is 32.1. The number of hydrogen-bond acceptors (Lipinski definition) is 3. The van der Waals surface area contributed by atoms with Crippen LogP contribution in [0.1, 0.15) is 33.6 Å². The molecular weight excluding hydrogens is 354 g/mol. The topological polar surface area (TPSA) is 65.1 Å². The first kappa shape index (κ1) is 19.4. The number of rotatable bonds is 7. The van der Waals surface area contributed by atoms with Crippen LogP contribution in [0.4, 0.5) is 0 Å². The normalized spacial score (nSPS) is 11.9. The van der Waals surface area contributed by atoms with Crippen LogP contribution in [-0.4, -0.2) is 35.6 Å². The Kier molecular flexibility index (Phi) is 6.50. The van der Waals surface area contributed by atoms with Crippen molar-refractivity contribution in [2.45, 2.75) is 40.5 Å². The van der Waals surface area contributed by atoms with E-state index in [1.807, 2.05) is 0 Å². The van der Waals surface area contributed by atoms with Crippen molar-refractivity contribution in [1.82, 2.24) is 20.6 Å². The number of fused-ring (bicyclic) bond motifs is 1. The van der Waals surface area contributed by atoms with Crippen LogP contribution in [0.3, 0.4) is 0 Å². The number of para-hydroxylation sites is 1. The second-order valence-electron chi connectivity index (χ2n) is 6.75. The van der Waals surface area contributed by atoms with Crippen LogP contribution in [0, 0.1) is 20.8 Å². The van der Waals surface area contributed by atoms with E-state index in [4.69, 9.17) is 4.99 Å². The van der Waals surface area contributed by atoms with Crippen LogP contribution in [0.25, 0.3) is 10.9 Å². The van der Waals surface area contributed by atoms with Gasteiger partial charge in [-0.3, -0.25) is 4.99 Å². The first-order chi connectivity index (χ1) is 13.1. The zero-order valence-electron chi connectivity index (χ0n) is 16.6. The molecule has 27 heavy (non-hydrogen) atoms. The van der Waals surface area contributed by atoms with E-state index in [0.29, 0.717) is 0 Å². The molecule has 3 rings (SSSR count). The Bertz CT molecular complexity index is 902. The third-order valence-corrected chi connectivity index (χ3v) is 5.84. The number of thiazole rings is 1. The predicted molar refractivity (Wildman–Crippen MR) is 116 cm³/mol. The fraction of sp³-hybridized carbons (Fsp3) is 0.429. The van der Waals surface area contributed by atoms with Gasteiger partial charge in [-0.15, -0.1) is 11.3 Å². The number of H-pyrrole nitrogens is 1. The first-order valence-corrected chi connectivity index (χ1v) is 10.4. The van der Waals surface area contributed by atoms with Crippen molar-refractivity contribution in [1.29, 1.82) is 0 Å². The summed E-state index contributed by atoms with van der Waals surface area (Å²) >= 11 is 1.77. The van der Waals surface area contributed by atoms with Crippen molar-refractivity contribution < 1.29 is 0 Å². The summed E-state index contributed by atoms with van der Waals surface area (Å²) in [5.41, 5.74) is 5.00. The molecule has 0 aliphatic rings. The first-order valence-electron chi connectivity index (χ1n) is 9.59. The number of nitrogens with one attached hydrogen (secondary N) is 3. The van der Waals surface area contributed by atoms with Crippen LogP contribution in [0.2, 0.25) is 0 Å². The Labute approximate surface area is 165 Å². The van der Waals surface area contributed by atoms with Gasteiger partial charge < -0.3 is 15.6 Å². The monoisotopic (exact) mass is 383 g/mol. The predicted octanol–water partition coefficient (Wildman–Crippen LogP) is 3.89. The van der Waals surface area contributed by atoms with E-state index in [-0.39, 0.29) is 0 Å². The van der Waals surface area contributed by atoms with Gasteiger partial charge in [0, 0.05) is 48.0 Å². The van der Waals surface area contributed by atoms with E-state index in [1.54, 1.807) is 11.3 Å². The van der Waals surface area contributed by atoms with Crippen LogP contribution < -0.4 is 10.6 Å². The van der Waals surface area contributed by atoms with Gasteiger partial charge in [-0.2, -0.15) is 0 Å².